The molecule has 1 heterocycles. The highest BCUT2D eigenvalue weighted by atomic mass is 35.5. The fourth-order valence-electron chi connectivity index (χ4n) is 1.27. The second-order valence-corrected chi connectivity index (χ2v) is 3.39. The van der Waals surface area contributed by atoms with Crippen molar-refractivity contribution in [2.75, 3.05) is 0 Å². The summed E-state index contributed by atoms with van der Waals surface area (Å²) < 4.78 is 25.8. The molecular formula is C11H6ClF2N. The average Bonchev–Trinajstić information content (AvgIpc) is 2.16. The number of hydrogen-bond donors (Lipinski definition) is 0. The van der Waals surface area contributed by atoms with Gasteiger partial charge in [0.2, 0.25) is 0 Å². The highest BCUT2D eigenvalue weighted by Gasteiger charge is 2.04. The van der Waals surface area contributed by atoms with E-state index in [0.29, 0.717) is 11.3 Å². The van der Waals surface area contributed by atoms with Crippen LogP contribution in [0.5, 0.6) is 0 Å². The molecular weight excluding hydrogens is 220 g/mol. The van der Waals surface area contributed by atoms with Gasteiger partial charge in [0, 0.05) is 11.6 Å². The van der Waals surface area contributed by atoms with Crippen molar-refractivity contribution in [3.63, 3.8) is 0 Å². The van der Waals surface area contributed by atoms with E-state index in [1.165, 1.54) is 12.1 Å². The lowest BCUT2D eigenvalue weighted by atomic mass is 10.1. The molecule has 1 aromatic carbocycles. The molecule has 0 aliphatic heterocycles. The maximum Gasteiger partial charge on any atom is 0.129 e. The first-order chi connectivity index (χ1) is 7.15. The standard InChI is InChI=1S/C11H6ClF2N/c12-11-3-1-2-10(15-11)7-4-8(13)6-9(14)5-7/h1-6H. The van der Waals surface area contributed by atoms with E-state index >= 15 is 0 Å². The number of nitrogens with zero attached hydrogens (tertiary/aromatic N) is 1. The number of pyridine rings is 1. The minimum atomic E-state index is -0.633. The Morgan fingerprint density at radius 1 is 1.00 bits per heavy atom. The summed E-state index contributed by atoms with van der Waals surface area (Å²) in [6.45, 7) is 0. The van der Waals surface area contributed by atoms with Crippen molar-refractivity contribution >= 4 is 11.6 Å². The Kier molecular flexibility index (Phi) is 2.64. The van der Waals surface area contributed by atoms with E-state index < -0.39 is 11.6 Å². The van der Waals surface area contributed by atoms with Crippen molar-refractivity contribution in [2.24, 2.45) is 0 Å². The molecule has 2 rings (SSSR count). The first-order valence-corrected chi connectivity index (χ1v) is 4.62. The van der Waals surface area contributed by atoms with Gasteiger partial charge in [0.25, 0.3) is 0 Å². The molecule has 0 radical (unpaired) electrons. The molecule has 76 valence electrons. The molecule has 0 amide bonds. The van der Waals surface area contributed by atoms with Crippen LogP contribution in [0.1, 0.15) is 0 Å². The summed E-state index contributed by atoms with van der Waals surface area (Å²) in [7, 11) is 0. The number of hydrogen-bond acceptors (Lipinski definition) is 1. The summed E-state index contributed by atoms with van der Waals surface area (Å²) in [6.07, 6.45) is 0. The summed E-state index contributed by atoms with van der Waals surface area (Å²) in [6, 6.07) is 8.14. The first kappa shape index (κ1) is 10.1. The van der Waals surface area contributed by atoms with Gasteiger partial charge in [-0.1, -0.05) is 17.7 Å². The Morgan fingerprint density at radius 3 is 2.27 bits per heavy atom. The van der Waals surface area contributed by atoms with Crippen molar-refractivity contribution in [1.29, 1.82) is 0 Å². The minimum Gasteiger partial charge on any atom is -0.236 e. The fourth-order valence-corrected chi connectivity index (χ4v) is 1.43. The van der Waals surface area contributed by atoms with E-state index in [1.807, 2.05) is 0 Å². The summed E-state index contributed by atoms with van der Waals surface area (Å²) in [5.74, 6) is -1.27. The minimum absolute atomic E-state index is 0.289. The summed E-state index contributed by atoms with van der Waals surface area (Å²) in [4.78, 5) is 3.96. The van der Waals surface area contributed by atoms with Crippen molar-refractivity contribution in [1.82, 2.24) is 4.98 Å². The van der Waals surface area contributed by atoms with Crippen LogP contribution in [0.3, 0.4) is 0 Å². The van der Waals surface area contributed by atoms with Gasteiger partial charge in [-0.3, -0.25) is 0 Å². The van der Waals surface area contributed by atoms with Crippen LogP contribution in [-0.2, 0) is 0 Å². The molecule has 0 saturated carbocycles. The molecule has 0 N–H and O–H groups in total. The highest BCUT2D eigenvalue weighted by molar-refractivity contribution is 6.29. The average molecular weight is 226 g/mol. The predicted molar refractivity (Wildman–Crippen MR) is 54.6 cm³/mol. The Balaban J connectivity index is 2.54. The zero-order chi connectivity index (χ0) is 10.8. The van der Waals surface area contributed by atoms with E-state index in [1.54, 1.807) is 18.2 Å². The maximum atomic E-state index is 12.9. The predicted octanol–water partition coefficient (Wildman–Crippen LogP) is 3.68. The van der Waals surface area contributed by atoms with Crippen LogP contribution in [0.4, 0.5) is 8.78 Å². The van der Waals surface area contributed by atoms with Crippen LogP contribution >= 0.6 is 11.6 Å². The first-order valence-electron chi connectivity index (χ1n) is 4.24. The Labute approximate surface area is 90.3 Å². The number of aromatic nitrogens is 1. The second kappa shape index (κ2) is 3.95. The van der Waals surface area contributed by atoms with Gasteiger partial charge in [-0.15, -0.1) is 0 Å². The molecule has 1 nitrogen and oxygen atoms in total. The molecule has 0 aliphatic rings. The SMILES string of the molecule is Fc1cc(F)cc(-c2cccc(Cl)n2)c1. The normalized spacial score (nSPS) is 10.3. The number of benzene rings is 1. The zero-order valence-corrected chi connectivity index (χ0v) is 8.30. The van der Waals surface area contributed by atoms with Crippen molar-refractivity contribution in [3.8, 4) is 11.3 Å². The van der Waals surface area contributed by atoms with Crippen LogP contribution in [0, 0.1) is 11.6 Å². The maximum absolute atomic E-state index is 12.9. The van der Waals surface area contributed by atoms with Gasteiger partial charge < -0.3 is 0 Å². The van der Waals surface area contributed by atoms with Crippen LogP contribution in [-0.4, -0.2) is 4.98 Å². The summed E-state index contributed by atoms with van der Waals surface area (Å²) in [5.41, 5.74) is 0.816. The quantitative estimate of drug-likeness (QED) is 0.675. The van der Waals surface area contributed by atoms with Gasteiger partial charge in [0.1, 0.15) is 16.8 Å². The molecule has 1 aromatic heterocycles. The molecule has 15 heavy (non-hydrogen) atoms. The van der Waals surface area contributed by atoms with E-state index in [4.69, 9.17) is 11.6 Å². The topological polar surface area (TPSA) is 12.9 Å². The van der Waals surface area contributed by atoms with Gasteiger partial charge >= 0.3 is 0 Å². The monoisotopic (exact) mass is 225 g/mol. The van der Waals surface area contributed by atoms with E-state index in [9.17, 15) is 8.78 Å². The second-order valence-electron chi connectivity index (χ2n) is 3.00. The molecule has 0 saturated heterocycles. The lowest BCUT2D eigenvalue weighted by Crippen LogP contribution is -1.87. The van der Waals surface area contributed by atoms with Crippen LogP contribution < -0.4 is 0 Å². The van der Waals surface area contributed by atoms with Crippen molar-refractivity contribution in [3.05, 3.63) is 53.2 Å². The third-order valence-corrected chi connectivity index (χ3v) is 2.08. The number of halogens is 3. The molecule has 0 aliphatic carbocycles. The molecule has 0 unspecified atom stereocenters. The van der Waals surface area contributed by atoms with Crippen LogP contribution in [0.25, 0.3) is 11.3 Å². The summed E-state index contributed by atoms with van der Waals surface area (Å²) >= 11 is 5.68. The molecule has 0 atom stereocenters. The van der Waals surface area contributed by atoms with Gasteiger partial charge in [-0.25, -0.2) is 13.8 Å². The van der Waals surface area contributed by atoms with E-state index in [2.05, 4.69) is 4.98 Å². The zero-order valence-electron chi connectivity index (χ0n) is 7.55. The molecule has 0 spiro atoms. The number of rotatable bonds is 1. The Morgan fingerprint density at radius 2 is 1.67 bits per heavy atom. The fraction of sp³-hybridized carbons (Fsp3) is 0. The third kappa shape index (κ3) is 2.30. The van der Waals surface area contributed by atoms with Gasteiger partial charge in [-0.2, -0.15) is 0 Å². The lowest BCUT2D eigenvalue weighted by molar-refractivity contribution is 0.584. The smallest absolute Gasteiger partial charge is 0.129 e. The Hall–Kier alpha value is -1.48. The van der Waals surface area contributed by atoms with Crippen molar-refractivity contribution in [2.45, 2.75) is 0 Å². The van der Waals surface area contributed by atoms with Crippen LogP contribution in [0.15, 0.2) is 36.4 Å². The summed E-state index contributed by atoms with van der Waals surface area (Å²) in [5, 5.41) is 0.289. The molecule has 0 bridgehead atoms. The highest BCUT2D eigenvalue weighted by Crippen LogP contribution is 2.20. The molecule has 0 fully saturated rings. The lowest BCUT2D eigenvalue weighted by Gasteiger charge is -2.01. The van der Waals surface area contributed by atoms with Gasteiger partial charge in [-0.05, 0) is 24.3 Å². The van der Waals surface area contributed by atoms with E-state index in [0.717, 1.165) is 6.07 Å². The largest absolute Gasteiger partial charge is 0.236 e. The van der Waals surface area contributed by atoms with Crippen LogP contribution in [0.2, 0.25) is 5.15 Å². The van der Waals surface area contributed by atoms with Gasteiger partial charge in [0.05, 0.1) is 5.69 Å². The van der Waals surface area contributed by atoms with Crippen molar-refractivity contribution < 1.29 is 8.78 Å². The Bertz CT molecular complexity index is 479. The molecule has 2 aromatic rings. The molecule has 4 heteroatoms. The van der Waals surface area contributed by atoms with Gasteiger partial charge in [0.15, 0.2) is 0 Å². The van der Waals surface area contributed by atoms with E-state index in [-0.39, 0.29) is 5.15 Å². The third-order valence-electron chi connectivity index (χ3n) is 1.87.